The van der Waals surface area contributed by atoms with Gasteiger partial charge in [0.1, 0.15) is 0 Å². The first-order chi connectivity index (χ1) is 7.81. The molecule has 0 aliphatic heterocycles. The molecule has 0 fully saturated rings. The Labute approximate surface area is 100 Å². The summed E-state index contributed by atoms with van der Waals surface area (Å²) in [4.78, 5) is 22.1. The molecule has 0 amide bonds. The topological polar surface area (TPSA) is 34.1 Å². The molecule has 0 unspecified atom stereocenters. The highest BCUT2D eigenvalue weighted by Crippen LogP contribution is 2.34. The summed E-state index contributed by atoms with van der Waals surface area (Å²) in [6.45, 7) is 1.41. The van der Waals surface area contributed by atoms with Crippen LogP contribution >= 0.6 is 11.6 Å². The Kier molecular flexibility index (Phi) is 3.93. The summed E-state index contributed by atoms with van der Waals surface area (Å²) in [5.74, 6) is -1.52. The second kappa shape index (κ2) is 4.87. The molecular formula is C11H8ClF3O2. The number of aldehydes is 1. The SMILES string of the molecule is Cc1cc(C=O)c(C(=O)CCl)c(C(F)(F)F)c1. The van der Waals surface area contributed by atoms with Crippen molar-refractivity contribution in [2.45, 2.75) is 13.1 Å². The monoisotopic (exact) mass is 264 g/mol. The van der Waals surface area contributed by atoms with E-state index in [2.05, 4.69) is 0 Å². The number of alkyl halides is 4. The molecule has 6 heteroatoms. The van der Waals surface area contributed by atoms with Crippen LogP contribution in [-0.4, -0.2) is 17.9 Å². The van der Waals surface area contributed by atoms with Crippen LogP contribution in [0.25, 0.3) is 0 Å². The average molecular weight is 265 g/mol. The lowest BCUT2D eigenvalue weighted by Crippen LogP contribution is -2.17. The van der Waals surface area contributed by atoms with Gasteiger partial charge in [0.05, 0.1) is 11.4 Å². The van der Waals surface area contributed by atoms with Crippen LogP contribution in [0.2, 0.25) is 0 Å². The van der Waals surface area contributed by atoms with E-state index in [1.54, 1.807) is 0 Å². The fraction of sp³-hybridized carbons (Fsp3) is 0.273. The van der Waals surface area contributed by atoms with Crippen LogP contribution in [0.5, 0.6) is 0 Å². The third-order valence-electron chi connectivity index (χ3n) is 2.15. The highest BCUT2D eigenvalue weighted by molar-refractivity contribution is 6.31. The summed E-state index contributed by atoms with van der Waals surface area (Å²) < 4.78 is 38.2. The normalized spacial score (nSPS) is 11.4. The van der Waals surface area contributed by atoms with Crippen molar-refractivity contribution in [3.63, 3.8) is 0 Å². The number of rotatable bonds is 3. The van der Waals surface area contributed by atoms with Crippen LogP contribution in [0.1, 0.15) is 31.8 Å². The first-order valence-corrected chi connectivity index (χ1v) is 5.11. The summed E-state index contributed by atoms with van der Waals surface area (Å²) in [5.41, 5.74) is -1.81. The Morgan fingerprint density at radius 3 is 2.41 bits per heavy atom. The number of ketones is 1. The first kappa shape index (κ1) is 13.7. The van der Waals surface area contributed by atoms with Gasteiger partial charge in [-0.1, -0.05) is 0 Å². The third-order valence-corrected chi connectivity index (χ3v) is 2.39. The van der Waals surface area contributed by atoms with Gasteiger partial charge in [-0.15, -0.1) is 11.6 Å². The second-order valence-electron chi connectivity index (χ2n) is 3.45. The standard InChI is InChI=1S/C11H8ClF3O2/c1-6-2-7(5-16)10(9(17)4-12)8(3-6)11(13,14)15/h2-3,5H,4H2,1H3. The van der Waals surface area contributed by atoms with E-state index in [1.807, 2.05) is 0 Å². The Balaban J connectivity index is 3.61. The zero-order valence-corrected chi connectivity index (χ0v) is 9.52. The molecule has 0 bridgehead atoms. The van der Waals surface area contributed by atoms with Crippen LogP contribution in [0.3, 0.4) is 0 Å². The van der Waals surface area contributed by atoms with Crippen molar-refractivity contribution in [3.8, 4) is 0 Å². The molecule has 1 aromatic carbocycles. The Morgan fingerprint density at radius 2 is 2.00 bits per heavy atom. The molecule has 0 N–H and O–H groups in total. The lowest BCUT2D eigenvalue weighted by Gasteiger charge is -2.14. The van der Waals surface area contributed by atoms with E-state index in [9.17, 15) is 22.8 Å². The second-order valence-corrected chi connectivity index (χ2v) is 3.72. The van der Waals surface area contributed by atoms with Gasteiger partial charge in [-0.05, 0) is 24.6 Å². The van der Waals surface area contributed by atoms with Gasteiger partial charge >= 0.3 is 6.18 Å². The van der Waals surface area contributed by atoms with Crippen molar-refractivity contribution >= 4 is 23.7 Å². The molecule has 92 valence electrons. The van der Waals surface area contributed by atoms with Crippen LogP contribution < -0.4 is 0 Å². The van der Waals surface area contributed by atoms with Gasteiger partial charge in [0, 0.05) is 11.1 Å². The molecule has 0 spiro atoms. The summed E-state index contributed by atoms with van der Waals surface area (Å²) in [6, 6.07) is 2.05. The molecular weight excluding hydrogens is 257 g/mol. The summed E-state index contributed by atoms with van der Waals surface area (Å²) in [5, 5.41) is 0. The molecule has 1 rings (SSSR count). The molecule has 0 heterocycles. The maximum Gasteiger partial charge on any atom is 0.417 e. The predicted molar refractivity (Wildman–Crippen MR) is 56.6 cm³/mol. The Bertz CT molecular complexity index is 467. The molecule has 0 saturated carbocycles. The van der Waals surface area contributed by atoms with E-state index in [0.29, 0.717) is 0 Å². The number of carbonyl (C=O) groups excluding carboxylic acids is 2. The molecule has 0 saturated heterocycles. The molecule has 2 nitrogen and oxygen atoms in total. The van der Waals surface area contributed by atoms with Crippen LogP contribution in [-0.2, 0) is 6.18 Å². The quantitative estimate of drug-likeness (QED) is 0.477. The Hall–Kier alpha value is -1.36. The van der Waals surface area contributed by atoms with Gasteiger partial charge < -0.3 is 0 Å². The van der Waals surface area contributed by atoms with E-state index in [0.717, 1.165) is 6.07 Å². The highest BCUT2D eigenvalue weighted by Gasteiger charge is 2.36. The van der Waals surface area contributed by atoms with Crippen molar-refractivity contribution in [2.75, 3.05) is 5.88 Å². The molecule has 0 aliphatic rings. The largest absolute Gasteiger partial charge is 0.417 e. The van der Waals surface area contributed by atoms with E-state index in [1.165, 1.54) is 13.0 Å². The van der Waals surface area contributed by atoms with Crippen molar-refractivity contribution in [2.24, 2.45) is 0 Å². The molecule has 0 atom stereocenters. The lowest BCUT2D eigenvalue weighted by atomic mass is 9.95. The summed E-state index contributed by atoms with van der Waals surface area (Å²) in [7, 11) is 0. The number of halogens is 4. The molecule has 17 heavy (non-hydrogen) atoms. The van der Waals surface area contributed by atoms with Crippen LogP contribution in [0.4, 0.5) is 13.2 Å². The van der Waals surface area contributed by atoms with Gasteiger partial charge in [0.25, 0.3) is 0 Å². The van der Waals surface area contributed by atoms with E-state index in [4.69, 9.17) is 11.6 Å². The van der Waals surface area contributed by atoms with Crippen LogP contribution in [0.15, 0.2) is 12.1 Å². The minimum absolute atomic E-state index is 0.224. The number of hydrogen-bond donors (Lipinski definition) is 0. The van der Waals surface area contributed by atoms with Gasteiger partial charge in [0.2, 0.25) is 0 Å². The lowest BCUT2D eigenvalue weighted by molar-refractivity contribution is -0.137. The fourth-order valence-corrected chi connectivity index (χ4v) is 1.64. The predicted octanol–water partition coefficient (Wildman–Crippen LogP) is 3.25. The minimum Gasteiger partial charge on any atom is -0.298 e. The number of aryl methyl sites for hydroxylation is 1. The van der Waals surface area contributed by atoms with Crippen molar-refractivity contribution in [3.05, 3.63) is 34.4 Å². The average Bonchev–Trinajstić information content (AvgIpc) is 2.25. The number of Topliss-reactive ketones (excluding diaryl/α,β-unsaturated/α-hetero) is 1. The third kappa shape index (κ3) is 2.85. The fourth-order valence-electron chi connectivity index (χ4n) is 1.51. The minimum atomic E-state index is -4.69. The number of carbonyl (C=O) groups is 2. The zero-order valence-electron chi connectivity index (χ0n) is 8.77. The summed E-state index contributed by atoms with van der Waals surface area (Å²) in [6.07, 6.45) is -4.47. The number of benzene rings is 1. The van der Waals surface area contributed by atoms with Crippen molar-refractivity contribution in [1.29, 1.82) is 0 Å². The van der Waals surface area contributed by atoms with Gasteiger partial charge in [-0.25, -0.2) is 0 Å². The number of hydrogen-bond acceptors (Lipinski definition) is 2. The summed E-state index contributed by atoms with van der Waals surface area (Å²) >= 11 is 5.24. The smallest absolute Gasteiger partial charge is 0.298 e. The molecule has 0 aromatic heterocycles. The first-order valence-electron chi connectivity index (χ1n) is 4.57. The van der Waals surface area contributed by atoms with Gasteiger partial charge in [0.15, 0.2) is 12.1 Å². The molecule has 0 radical (unpaired) electrons. The van der Waals surface area contributed by atoms with Gasteiger partial charge in [-0.2, -0.15) is 13.2 Å². The van der Waals surface area contributed by atoms with Crippen molar-refractivity contribution in [1.82, 2.24) is 0 Å². The highest BCUT2D eigenvalue weighted by atomic mass is 35.5. The maximum absolute atomic E-state index is 12.7. The van der Waals surface area contributed by atoms with Gasteiger partial charge in [-0.3, -0.25) is 9.59 Å². The molecule has 0 aliphatic carbocycles. The van der Waals surface area contributed by atoms with E-state index >= 15 is 0 Å². The van der Waals surface area contributed by atoms with E-state index < -0.39 is 29.0 Å². The Morgan fingerprint density at radius 1 is 1.41 bits per heavy atom. The zero-order chi connectivity index (χ0) is 13.2. The van der Waals surface area contributed by atoms with E-state index in [-0.39, 0.29) is 17.4 Å². The van der Waals surface area contributed by atoms with Crippen molar-refractivity contribution < 1.29 is 22.8 Å². The maximum atomic E-state index is 12.7. The van der Waals surface area contributed by atoms with Crippen LogP contribution in [0, 0.1) is 6.92 Å². The molecule has 1 aromatic rings.